The number of nitrogens with zero attached hydrogens (tertiary/aromatic N) is 3. The van der Waals surface area contributed by atoms with E-state index in [-0.39, 0.29) is 17.7 Å². The summed E-state index contributed by atoms with van der Waals surface area (Å²) in [6.07, 6.45) is 11.4. The third-order valence-electron chi connectivity index (χ3n) is 5.89. The monoisotopic (exact) mass is 330 g/mol. The summed E-state index contributed by atoms with van der Waals surface area (Å²) in [5.41, 5.74) is 0. The van der Waals surface area contributed by atoms with Gasteiger partial charge in [-0.25, -0.2) is 4.68 Å². The van der Waals surface area contributed by atoms with Gasteiger partial charge in [0.25, 0.3) is 0 Å². The fourth-order valence-electron chi connectivity index (χ4n) is 4.56. The Labute approximate surface area is 142 Å². The number of aromatic nitrogens is 2. The van der Waals surface area contributed by atoms with Crippen molar-refractivity contribution in [1.82, 2.24) is 14.7 Å². The van der Waals surface area contributed by atoms with Crippen LogP contribution in [0.2, 0.25) is 0 Å². The highest BCUT2D eigenvalue weighted by molar-refractivity contribution is 5.96. The standard InChI is InChI=1S/C18H26N4O2/c23-17-11-13(12-21(17)14-5-1-2-6-14)18(24)20-16-9-10-19-22(16)15-7-3-4-8-15/h9-10,13-15H,1-8,11-12H2,(H,20,24). The van der Waals surface area contributed by atoms with Crippen molar-refractivity contribution >= 4 is 17.6 Å². The first-order valence-corrected chi connectivity index (χ1v) is 9.36. The minimum Gasteiger partial charge on any atom is -0.339 e. The minimum atomic E-state index is -0.231. The van der Waals surface area contributed by atoms with Crippen molar-refractivity contribution in [3.8, 4) is 0 Å². The second kappa shape index (κ2) is 6.57. The lowest BCUT2D eigenvalue weighted by atomic mass is 10.1. The van der Waals surface area contributed by atoms with Gasteiger partial charge in [-0.3, -0.25) is 9.59 Å². The number of hydrogen-bond acceptors (Lipinski definition) is 3. The normalized spacial score (nSPS) is 25.8. The van der Waals surface area contributed by atoms with Crippen LogP contribution in [0.15, 0.2) is 12.3 Å². The van der Waals surface area contributed by atoms with Crippen LogP contribution >= 0.6 is 0 Å². The molecule has 1 unspecified atom stereocenters. The van der Waals surface area contributed by atoms with Gasteiger partial charge in [0.05, 0.1) is 18.2 Å². The van der Waals surface area contributed by atoms with Gasteiger partial charge in [-0.15, -0.1) is 0 Å². The van der Waals surface area contributed by atoms with E-state index in [2.05, 4.69) is 10.4 Å². The van der Waals surface area contributed by atoms with Gasteiger partial charge >= 0.3 is 0 Å². The summed E-state index contributed by atoms with van der Waals surface area (Å²) in [6.45, 7) is 0.576. The third kappa shape index (κ3) is 2.94. The molecule has 2 heterocycles. The lowest BCUT2D eigenvalue weighted by molar-refractivity contribution is -0.129. The van der Waals surface area contributed by atoms with E-state index in [1.807, 2.05) is 15.6 Å². The van der Waals surface area contributed by atoms with Gasteiger partial charge in [0.1, 0.15) is 5.82 Å². The van der Waals surface area contributed by atoms with Gasteiger partial charge in [0, 0.05) is 25.1 Å². The highest BCUT2D eigenvalue weighted by Gasteiger charge is 2.38. The molecule has 1 aromatic heterocycles. The molecule has 3 fully saturated rings. The zero-order valence-corrected chi connectivity index (χ0v) is 14.1. The molecule has 2 aliphatic carbocycles. The van der Waals surface area contributed by atoms with Crippen molar-refractivity contribution in [2.45, 2.75) is 69.9 Å². The predicted octanol–water partition coefficient (Wildman–Crippen LogP) is 2.73. The molecule has 1 atom stereocenters. The van der Waals surface area contributed by atoms with E-state index in [1.54, 1.807) is 6.20 Å². The Morgan fingerprint density at radius 3 is 2.46 bits per heavy atom. The van der Waals surface area contributed by atoms with Crippen molar-refractivity contribution in [2.24, 2.45) is 5.92 Å². The van der Waals surface area contributed by atoms with Crippen molar-refractivity contribution in [1.29, 1.82) is 0 Å². The Hall–Kier alpha value is -1.85. The van der Waals surface area contributed by atoms with Gasteiger partial charge in [0.15, 0.2) is 0 Å². The van der Waals surface area contributed by atoms with Crippen LogP contribution in [0, 0.1) is 5.92 Å². The number of hydrogen-bond donors (Lipinski definition) is 1. The van der Waals surface area contributed by atoms with Crippen molar-refractivity contribution in [3.63, 3.8) is 0 Å². The molecule has 2 amide bonds. The molecule has 4 rings (SSSR count). The zero-order chi connectivity index (χ0) is 16.5. The van der Waals surface area contributed by atoms with Gasteiger partial charge < -0.3 is 10.2 Å². The molecule has 24 heavy (non-hydrogen) atoms. The van der Waals surface area contributed by atoms with E-state index in [4.69, 9.17) is 0 Å². The van der Waals surface area contributed by atoms with Crippen molar-refractivity contribution < 1.29 is 9.59 Å². The number of amides is 2. The number of likely N-dealkylation sites (tertiary alicyclic amines) is 1. The first-order valence-electron chi connectivity index (χ1n) is 9.36. The third-order valence-corrected chi connectivity index (χ3v) is 5.89. The highest BCUT2D eigenvalue weighted by Crippen LogP contribution is 2.32. The molecule has 0 aromatic carbocycles. The average molecular weight is 330 g/mol. The molecule has 1 aliphatic heterocycles. The summed E-state index contributed by atoms with van der Waals surface area (Å²) >= 11 is 0. The van der Waals surface area contributed by atoms with Crippen LogP contribution in [0.1, 0.15) is 63.8 Å². The number of anilines is 1. The molecule has 130 valence electrons. The molecular formula is C18H26N4O2. The topological polar surface area (TPSA) is 67.2 Å². The van der Waals surface area contributed by atoms with Crippen LogP contribution in [0.4, 0.5) is 5.82 Å². The smallest absolute Gasteiger partial charge is 0.230 e. The predicted molar refractivity (Wildman–Crippen MR) is 90.4 cm³/mol. The lowest BCUT2D eigenvalue weighted by Gasteiger charge is -2.24. The van der Waals surface area contributed by atoms with Crippen LogP contribution in [-0.4, -0.2) is 39.1 Å². The first-order chi connectivity index (χ1) is 11.7. The van der Waals surface area contributed by atoms with Crippen LogP contribution in [0.25, 0.3) is 0 Å². The molecule has 1 saturated heterocycles. The summed E-state index contributed by atoms with van der Waals surface area (Å²) in [5, 5.41) is 7.42. The SMILES string of the molecule is O=C(Nc1ccnn1C1CCCC1)C1CC(=O)N(C2CCCC2)C1. The van der Waals surface area contributed by atoms with Crippen LogP contribution < -0.4 is 5.32 Å². The number of carbonyl (C=O) groups excluding carboxylic acids is 2. The first kappa shape index (κ1) is 15.7. The summed E-state index contributed by atoms with van der Waals surface area (Å²) in [6, 6.07) is 2.62. The number of carbonyl (C=O) groups is 2. The Bertz CT molecular complexity index is 614. The van der Waals surface area contributed by atoms with E-state index in [9.17, 15) is 9.59 Å². The Balaban J connectivity index is 1.40. The van der Waals surface area contributed by atoms with E-state index in [0.717, 1.165) is 31.5 Å². The molecule has 2 saturated carbocycles. The Morgan fingerprint density at radius 1 is 1.08 bits per heavy atom. The fraction of sp³-hybridized carbons (Fsp3) is 0.722. The average Bonchev–Trinajstić information content (AvgIpc) is 3.34. The second-order valence-electron chi connectivity index (χ2n) is 7.47. The quantitative estimate of drug-likeness (QED) is 0.923. The highest BCUT2D eigenvalue weighted by atomic mass is 16.2. The summed E-state index contributed by atoms with van der Waals surface area (Å²) < 4.78 is 1.95. The molecule has 0 spiro atoms. The molecule has 0 bridgehead atoms. The van der Waals surface area contributed by atoms with Gasteiger partial charge in [-0.1, -0.05) is 25.7 Å². The van der Waals surface area contributed by atoms with E-state index < -0.39 is 0 Å². The summed E-state index contributed by atoms with van der Waals surface area (Å²) in [4.78, 5) is 26.9. The summed E-state index contributed by atoms with van der Waals surface area (Å²) in [7, 11) is 0. The van der Waals surface area contributed by atoms with E-state index in [0.29, 0.717) is 25.0 Å². The largest absolute Gasteiger partial charge is 0.339 e. The van der Waals surface area contributed by atoms with Crippen LogP contribution in [0.3, 0.4) is 0 Å². The maximum Gasteiger partial charge on any atom is 0.230 e. The summed E-state index contributed by atoms with van der Waals surface area (Å²) in [5.74, 6) is 0.652. The van der Waals surface area contributed by atoms with Gasteiger partial charge in [-0.05, 0) is 25.7 Å². The van der Waals surface area contributed by atoms with Crippen LogP contribution in [0.5, 0.6) is 0 Å². The van der Waals surface area contributed by atoms with Crippen molar-refractivity contribution in [2.75, 3.05) is 11.9 Å². The molecule has 0 radical (unpaired) electrons. The molecule has 6 heteroatoms. The maximum atomic E-state index is 12.7. The van der Waals surface area contributed by atoms with E-state index >= 15 is 0 Å². The zero-order valence-electron chi connectivity index (χ0n) is 14.1. The molecule has 1 N–H and O–H groups in total. The number of nitrogens with one attached hydrogen (secondary N) is 1. The second-order valence-corrected chi connectivity index (χ2v) is 7.47. The number of rotatable bonds is 4. The maximum absolute atomic E-state index is 12.7. The molecular weight excluding hydrogens is 304 g/mol. The van der Waals surface area contributed by atoms with Gasteiger partial charge in [-0.2, -0.15) is 5.10 Å². The molecule has 1 aromatic rings. The van der Waals surface area contributed by atoms with Gasteiger partial charge in [0.2, 0.25) is 11.8 Å². The van der Waals surface area contributed by atoms with Crippen LogP contribution in [-0.2, 0) is 9.59 Å². The Morgan fingerprint density at radius 2 is 1.75 bits per heavy atom. The lowest BCUT2D eigenvalue weighted by Crippen LogP contribution is -2.35. The molecule has 3 aliphatic rings. The minimum absolute atomic E-state index is 0.0383. The Kier molecular flexibility index (Phi) is 4.29. The fourth-order valence-corrected chi connectivity index (χ4v) is 4.56. The van der Waals surface area contributed by atoms with Crippen molar-refractivity contribution in [3.05, 3.63) is 12.3 Å². The van der Waals surface area contributed by atoms with E-state index in [1.165, 1.54) is 25.7 Å². The molecule has 6 nitrogen and oxygen atoms in total.